The van der Waals surface area contributed by atoms with Crippen LogP contribution in [0.25, 0.3) is 0 Å². The van der Waals surface area contributed by atoms with Crippen molar-refractivity contribution >= 4 is 17.9 Å². The molecule has 0 fully saturated rings. The van der Waals surface area contributed by atoms with Crippen molar-refractivity contribution in [3.63, 3.8) is 0 Å². The fraction of sp³-hybridized carbons (Fsp3) is 0.750. The normalized spacial score (nSPS) is 13.7. The molecule has 0 aromatic rings. The van der Waals surface area contributed by atoms with E-state index in [1.165, 1.54) is 0 Å². The number of rotatable bonds is 8. The van der Waals surface area contributed by atoms with Gasteiger partial charge in [0.15, 0.2) is 0 Å². The van der Waals surface area contributed by atoms with Crippen molar-refractivity contribution in [1.29, 1.82) is 0 Å². The quantitative estimate of drug-likeness (QED) is 0.512. The van der Waals surface area contributed by atoms with Crippen LogP contribution < -0.4 is 16.4 Å². The lowest BCUT2D eigenvalue weighted by atomic mass is 10.1. The van der Waals surface area contributed by atoms with Crippen molar-refractivity contribution in [1.82, 2.24) is 10.6 Å². The summed E-state index contributed by atoms with van der Waals surface area (Å²) in [6.07, 6.45) is 0.696. The van der Waals surface area contributed by atoms with E-state index in [-0.39, 0.29) is 18.9 Å². The van der Waals surface area contributed by atoms with E-state index < -0.39 is 23.9 Å². The van der Waals surface area contributed by atoms with Gasteiger partial charge in [0.25, 0.3) is 0 Å². The number of hydrogen-bond acceptors (Lipinski definition) is 3. The average Bonchev–Trinajstić information content (AvgIpc) is 2.21. The maximum atomic E-state index is 11.6. The van der Waals surface area contributed by atoms with Crippen LogP contribution in [0.2, 0.25) is 0 Å². The number of carbonyl (C=O) groups is 3. The fourth-order valence-corrected chi connectivity index (χ4v) is 1.73. The molecule has 1 unspecified atom stereocenters. The van der Waals surface area contributed by atoms with Gasteiger partial charge >= 0.3 is 12.0 Å². The van der Waals surface area contributed by atoms with E-state index in [9.17, 15) is 14.4 Å². The standard InChI is InChI=1S/C12H23N3O4/c1-7(2)6-8(3)14-12(19)15-9(11(17)18)4-5-10(13)16/h7-9H,4-6H2,1-3H3,(H2,13,16)(H,17,18)(H2,14,15,19)/t8?,9-/m1/s1. The molecule has 7 heteroatoms. The molecule has 0 aromatic heterocycles. The van der Waals surface area contributed by atoms with Crippen LogP contribution in [0.4, 0.5) is 4.79 Å². The van der Waals surface area contributed by atoms with E-state index in [0.717, 1.165) is 6.42 Å². The van der Waals surface area contributed by atoms with Gasteiger partial charge in [0.2, 0.25) is 5.91 Å². The van der Waals surface area contributed by atoms with Crippen LogP contribution in [0.1, 0.15) is 40.0 Å². The van der Waals surface area contributed by atoms with Crippen molar-refractivity contribution < 1.29 is 19.5 Å². The third-order valence-corrected chi connectivity index (χ3v) is 2.49. The minimum absolute atomic E-state index is 0.0172. The first-order valence-electron chi connectivity index (χ1n) is 6.30. The Kier molecular flexibility index (Phi) is 7.55. The fourth-order valence-electron chi connectivity index (χ4n) is 1.73. The Morgan fingerprint density at radius 1 is 1.16 bits per heavy atom. The predicted octanol–water partition coefficient (Wildman–Crippen LogP) is 0.439. The van der Waals surface area contributed by atoms with E-state index in [0.29, 0.717) is 5.92 Å². The van der Waals surface area contributed by atoms with Gasteiger partial charge in [-0.2, -0.15) is 0 Å². The topological polar surface area (TPSA) is 122 Å². The number of urea groups is 1. The first-order chi connectivity index (χ1) is 8.72. The lowest BCUT2D eigenvalue weighted by molar-refractivity contribution is -0.139. The van der Waals surface area contributed by atoms with E-state index in [1.54, 1.807) is 0 Å². The van der Waals surface area contributed by atoms with Crippen LogP contribution in [-0.2, 0) is 9.59 Å². The molecular weight excluding hydrogens is 250 g/mol. The molecule has 0 bridgehead atoms. The number of nitrogens with two attached hydrogens (primary N) is 1. The largest absolute Gasteiger partial charge is 0.480 e. The summed E-state index contributed by atoms with van der Waals surface area (Å²) >= 11 is 0. The summed E-state index contributed by atoms with van der Waals surface area (Å²) in [5, 5.41) is 13.9. The van der Waals surface area contributed by atoms with Gasteiger partial charge in [0, 0.05) is 12.5 Å². The molecule has 0 spiro atoms. The number of carbonyl (C=O) groups excluding carboxylic acids is 2. The zero-order valence-electron chi connectivity index (χ0n) is 11.6. The van der Waals surface area contributed by atoms with E-state index in [1.807, 2.05) is 20.8 Å². The second-order valence-electron chi connectivity index (χ2n) is 5.04. The van der Waals surface area contributed by atoms with Gasteiger partial charge in [0.1, 0.15) is 6.04 Å². The van der Waals surface area contributed by atoms with Crippen LogP contribution >= 0.6 is 0 Å². The summed E-state index contributed by atoms with van der Waals surface area (Å²) < 4.78 is 0. The molecule has 0 radical (unpaired) electrons. The number of nitrogens with one attached hydrogen (secondary N) is 2. The molecule has 0 aliphatic rings. The second kappa shape index (κ2) is 8.34. The lowest BCUT2D eigenvalue weighted by Gasteiger charge is -2.19. The monoisotopic (exact) mass is 273 g/mol. The van der Waals surface area contributed by atoms with Crippen LogP contribution in [0.15, 0.2) is 0 Å². The molecule has 0 rings (SSSR count). The zero-order chi connectivity index (χ0) is 15.0. The number of primary amides is 1. The van der Waals surface area contributed by atoms with Crippen molar-refractivity contribution in [2.24, 2.45) is 11.7 Å². The van der Waals surface area contributed by atoms with E-state index in [4.69, 9.17) is 10.8 Å². The molecule has 0 saturated carbocycles. The van der Waals surface area contributed by atoms with E-state index >= 15 is 0 Å². The Hall–Kier alpha value is -1.79. The Bertz CT molecular complexity index is 331. The molecule has 2 atom stereocenters. The third kappa shape index (κ3) is 8.87. The Balaban J connectivity index is 4.23. The van der Waals surface area contributed by atoms with Crippen LogP contribution in [-0.4, -0.2) is 35.1 Å². The van der Waals surface area contributed by atoms with Crippen molar-refractivity contribution in [3.05, 3.63) is 0 Å². The Morgan fingerprint density at radius 2 is 1.74 bits per heavy atom. The smallest absolute Gasteiger partial charge is 0.326 e. The van der Waals surface area contributed by atoms with Crippen LogP contribution in [0.3, 0.4) is 0 Å². The third-order valence-electron chi connectivity index (χ3n) is 2.49. The second-order valence-corrected chi connectivity index (χ2v) is 5.04. The van der Waals surface area contributed by atoms with Gasteiger partial charge in [-0.15, -0.1) is 0 Å². The summed E-state index contributed by atoms with van der Waals surface area (Å²) in [5.41, 5.74) is 4.95. The van der Waals surface area contributed by atoms with Gasteiger partial charge in [-0.05, 0) is 25.7 Å². The van der Waals surface area contributed by atoms with Crippen LogP contribution in [0, 0.1) is 5.92 Å². The summed E-state index contributed by atoms with van der Waals surface area (Å²) in [6, 6.07) is -1.71. The minimum atomic E-state index is -1.19. The van der Waals surface area contributed by atoms with Gasteiger partial charge in [-0.1, -0.05) is 13.8 Å². The predicted molar refractivity (Wildman–Crippen MR) is 70.4 cm³/mol. The molecule has 5 N–H and O–H groups in total. The molecule has 0 heterocycles. The highest BCUT2D eigenvalue weighted by molar-refractivity contribution is 5.83. The van der Waals surface area contributed by atoms with Crippen molar-refractivity contribution in [3.8, 4) is 0 Å². The highest BCUT2D eigenvalue weighted by atomic mass is 16.4. The maximum absolute atomic E-state index is 11.6. The maximum Gasteiger partial charge on any atom is 0.326 e. The SMILES string of the molecule is CC(C)CC(C)NC(=O)N[C@H](CCC(N)=O)C(=O)O. The molecule has 0 aliphatic carbocycles. The summed E-state index contributed by atoms with van der Waals surface area (Å²) in [4.78, 5) is 33.1. The first-order valence-corrected chi connectivity index (χ1v) is 6.30. The van der Waals surface area contributed by atoms with Crippen molar-refractivity contribution in [2.75, 3.05) is 0 Å². The molecule has 0 aliphatic heterocycles. The summed E-state index contributed by atoms with van der Waals surface area (Å²) in [5.74, 6) is -1.35. The molecule has 19 heavy (non-hydrogen) atoms. The highest BCUT2D eigenvalue weighted by Crippen LogP contribution is 2.04. The Morgan fingerprint density at radius 3 is 2.16 bits per heavy atom. The molecule has 110 valence electrons. The lowest BCUT2D eigenvalue weighted by Crippen LogP contribution is -2.48. The zero-order valence-corrected chi connectivity index (χ0v) is 11.6. The van der Waals surface area contributed by atoms with Crippen LogP contribution in [0.5, 0.6) is 0 Å². The number of carboxylic acids is 1. The summed E-state index contributed by atoms with van der Waals surface area (Å²) in [7, 11) is 0. The number of amides is 3. The first kappa shape index (κ1) is 17.2. The van der Waals surface area contributed by atoms with E-state index in [2.05, 4.69) is 10.6 Å². The minimum Gasteiger partial charge on any atom is -0.480 e. The number of carboxylic acid groups (broad SMARTS) is 1. The van der Waals surface area contributed by atoms with Crippen molar-refractivity contribution in [2.45, 2.75) is 52.1 Å². The number of aliphatic carboxylic acids is 1. The molecular formula is C12H23N3O4. The summed E-state index contributed by atoms with van der Waals surface area (Å²) in [6.45, 7) is 5.91. The average molecular weight is 273 g/mol. The van der Waals surface area contributed by atoms with Gasteiger partial charge in [-0.3, -0.25) is 4.79 Å². The Labute approximate surface area is 112 Å². The molecule has 0 aromatic carbocycles. The molecule has 3 amide bonds. The highest BCUT2D eigenvalue weighted by Gasteiger charge is 2.21. The molecule has 0 saturated heterocycles. The number of hydrogen-bond donors (Lipinski definition) is 4. The van der Waals surface area contributed by atoms with Gasteiger partial charge in [-0.25, -0.2) is 9.59 Å². The molecule has 7 nitrogen and oxygen atoms in total. The van der Waals surface area contributed by atoms with Gasteiger partial charge < -0.3 is 21.5 Å². The van der Waals surface area contributed by atoms with Gasteiger partial charge in [0.05, 0.1) is 0 Å².